The number of nitrogens with zero attached hydrogens (tertiary/aromatic N) is 3. The second-order valence-corrected chi connectivity index (χ2v) is 6.48. The molecule has 4 heteroatoms. The number of hydrogen-bond acceptors (Lipinski definition) is 3. The van der Waals surface area contributed by atoms with E-state index in [1.54, 1.807) is 10.9 Å². The zero-order valence-corrected chi connectivity index (χ0v) is 14.6. The minimum Gasteiger partial charge on any atom is -0.267 e. The van der Waals surface area contributed by atoms with Crippen LogP contribution in [0.5, 0.6) is 0 Å². The van der Waals surface area contributed by atoms with Crippen molar-refractivity contribution >= 4 is 10.8 Å². The summed E-state index contributed by atoms with van der Waals surface area (Å²) in [5.74, 6) is 0. The molecule has 0 N–H and O–H groups in total. The molecule has 4 nitrogen and oxygen atoms in total. The first-order valence-electron chi connectivity index (χ1n) is 8.64. The van der Waals surface area contributed by atoms with E-state index < -0.39 is 0 Å². The van der Waals surface area contributed by atoms with Gasteiger partial charge in [-0.05, 0) is 30.2 Å². The van der Waals surface area contributed by atoms with Crippen molar-refractivity contribution in [1.29, 1.82) is 0 Å². The molecule has 4 aromatic rings. The Morgan fingerprint density at radius 3 is 2.50 bits per heavy atom. The Bertz CT molecular complexity index is 1120. The highest BCUT2D eigenvalue weighted by atomic mass is 16.1. The number of fused-ring (bicyclic) bond motifs is 1. The van der Waals surface area contributed by atoms with Gasteiger partial charge in [-0.25, -0.2) is 4.68 Å². The van der Waals surface area contributed by atoms with Crippen molar-refractivity contribution in [2.24, 2.45) is 0 Å². The minimum atomic E-state index is -0.0583. The molecule has 4 rings (SSSR count). The summed E-state index contributed by atoms with van der Waals surface area (Å²) in [7, 11) is 0. The molecule has 0 aliphatic rings. The van der Waals surface area contributed by atoms with Gasteiger partial charge < -0.3 is 0 Å². The lowest BCUT2D eigenvalue weighted by Gasteiger charge is -2.11. The lowest BCUT2D eigenvalue weighted by Crippen LogP contribution is -2.25. The van der Waals surface area contributed by atoms with Gasteiger partial charge in [0.05, 0.1) is 17.6 Å². The van der Waals surface area contributed by atoms with Gasteiger partial charge >= 0.3 is 0 Å². The van der Waals surface area contributed by atoms with E-state index >= 15 is 0 Å². The van der Waals surface area contributed by atoms with Crippen LogP contribution in [-0.2, 0) is 13.0 Å². The van der Waals surface area contributed by atoms with Crippen LogP contribution in [-0.4, -0.2) is 14.8 Å². The van der Waals surface area contributed by atoms with Crippen molar-refractivity contribution in [2.75, 3.05) is 0 Å². The molecule has 0 radical (unpaired) electrons. The van der Waals surface area contributed by atoms with Crippen molar-refractivity contribution in [3.05, 3.63) is 106 Å². The predicted molar refractivity (Wildman–Crippen MR) is 103 cm³/mol. The van der Waals surface area contributed by atoms with Crippen molar-refractivity contribution in [2.45, 2.75) is 19.9 Å². The second-order valence-electron chi connectivity index (χ2n) is 6.48. The van der Waals surface area contributed by atoms with Crippen molar-refractivity contribution in [1.82, 2.24) is 14.8 Å². The monoisotopic (exact) mass is 341 g/mol. The van der Waals surface area contributed by atoms with Gasteiger partial charge in [0.2, 0.25) is 0 Å². The molecule has 2 aromatic heterocycles. The largest absolute Gasteiger partial charge is 0.274 e. The van der Waals surface area contributed by atoms with Gasteiger partial charge in [-0.15, -0.1) is 0 Å². The van der Waals surface area contributed by atoms with Crippen molar-refractivity contribution in [3.8, 4) is 0 Å². The first-order chi connectivity index (χ1) is 12.7. The molecule has 0 aliphatic heterocycles. The molecule has 128 valence electrons. The molecule has 0 atom stereocenters. The Balaban J connectivity index is 1.83. The second kappa shape index (κ2) is 6.92. The standard InChI is InChI=1S/C22H19N3O/c1-16-6-4-7-18(12-16)15-25-22(26)20-10-3-2-9-19(20)21(24-25)13-17-8-5-11-23-14-17/h2-12,14H,13,15H2,1H3. The van der Waals surface area contributed by atoms with Crippen LogP contribution in [0.3, 0.4) is 0 Å². The third-order valence-electron chi connectivity index (χ3n) is 4.45. The zero-order chi connectivity index (χ0) is 17.9. The summed E-state index contributed by atoms with van der Waals surface area (Å²) in [6, 6.07) is 19.8. The van der Waals surface area contributed by atoms with Gasteiger partial charge in [0, 0.05) is 24.2 Å². The van der Waals surface area contributed by atoms with E-state index in [-0.39, 0.29) is 5.56 Å². The topological polar surface area (TPSA) is 47.8 Å². The predicted octanol–water partition coefficient (Wildman–Crippen LogP) is 3.74. The van der Waals surface area contributed by atoms with Crippen LogP contribution >= 0.6 is 0 Å². The van der Waals surface area contributed by atoms with Crippen molar-refractivity contribution < 1.29 is 0 Å². The van der Waals surface area contributed by atoms with Crippen molar-refractivity contribution in [3.63, 3.8) is 0 Å². The summed E-state index contributed by atoms with van der Waals surface area (Å²) in [5.41, 5.74) is 4.15. The normalized spacial score (nSPS) is 11.0. The Morgan fingerprint density at radius 2 is 1.73 bits per heavy atom. The van der Waals surface area contributed by atoms with Crippen LogP contribution < -0.4 is 5.56 Å². The summed E-state index contributed by atoms with van der Waals surface area (Å²) in [6.07, 6.45) is 4.24. The maximum atomic E-state index is 12.9. The average molecular weight is 341 g/mol. The number of benzene rings is 2. The lowest BCUT2D eigenvalue weighted by atomic mass is 10.1. The van der Waals surface area contributed by atoms with E-state index in [1.165, 1.54) is 5.56 Å². The molecule has 0 bridgehead atoms. The molecule has 2 heterocycles. The minimum absolute atomic E-state index is 0.0583. The number of aromatic nitrogens is 3. The fourth-order valence-electron chi connectivity index (χ4n) is 3.22. The zero-order valence-electron chi connectivity index (χ0n) is 14.6. The van der Waals surface area contributed by atoms with Gasteiger partial charge in [0.15, 0.2) is 0 Å². The SMILES string of the molecule is Cc1cccc(Cn2nc(Cc3cccnc3)c3ccccc3c2=O)c1. The Labute approximate surface area is 151 Å². The molecular formula is C22H19N3O. The van der Waals surface area contributed by atoms with E-state index in [1.807, 2.05) is 67.7 Å². The highest BCUT2D eigenvalue weighted by molar-refractivity contribution is 5.83. The lowest BCUT2D eigenvalue weighted by molar-refractivity contribution is 0.632. The van der Waals surface area contributed by atoms with E-state index in [9.17, 15) is 4.79 Å². The summed E-state index contributed by atoms with van der Waals surface area (Å²) < 4.78 is 1.57. The van der Waals surface area contributed by atoms with Crippen LogP contribution in [0.25, 0.3) is 10.8 Å². The molecule has 0 fully saturated rings. The quantitative estimate of drug-likeness (QED) is 0.568. The molecule has 0 spiro atoms. The van der Waals surface area contributed by atoms with Gasteiger partial charge in [-0.3, -0.25) is 9.78 Å². The maximum Gasteiger partial charge on any atom is 0.274 e. The first kappa shape index (κ1) is 16.2. The number of hydrogen-bond donors (Lipinski definition) is 0. The Morgan fingerprint density at radius 1 is 0.923 bits per heavy atom. The highest BCUT2D eigenvalue weighted by Crippen LogP contribution is 2.17. The fraction of sp³-hybridized carbons (Fsp3) is 0.136. The highest BCUT2D eigenvalue weighted by Gasteiger charge is 2.11. The third-order valence-corrected chi connectivity index (χ3v) is 4.45. The van der Waals surface area contributed by atoms with E-state index in [0.29, 0.717) is 18.4 Å². The summed E-state index contributed by atoms with van der Waals surface area (Å²) in [4.78, 5) is 17.1. The van der Waals surface area contributed by atoms with Gasteiger partial charge in [-0.2, -0.15) is 5.10 Å². The summed E-state index contributed by atoms with van der Waals surface area (Å²) in [5, 5.41) is 6.30. The van der Waals surface area contributed by atoms with Crippen LogP contribution in [0.15, 0.2) is 77.9 Å². The third kappa shape index (κ3) is 3.26. The van der Waals surface area contributed by atoms with E-state index in [4.69, 9.17) is 5.10 Å². The summed E-state index contributed by atoms with van der Waals surface area (Å²) in [6.45, 7) is 2.51. The van der Waals surface area contributed by atoms with E-state index in [2.05, 4.69) is 11.1 Å². The average Bonchev–Trinajstić information content (AvgIpc) is 2.66. The Kier molecular flexibility index (Phi) is 4.32. The van der Waals surface area contributed by atoms with Gasteiger partial charge in [0.1, 0.15) is 0 Å². The number of pyridine rings is 1. The van der Waals surface area contributed by atoms with Gasteiger partial charge in [0.25, 0.3) is 5.56 Å². The fourth-order valence-corrected chi connectivity index (χ4v) is 3.22. The molecule has 0 unspecified atom stereocenters. The Hall–Kier alpha value is -3.27. The van der Waals surface area contributed by atoms with Crippen LogP contribution in [0.4, 0.5) is 0 Å². The van der Waals surface area contributed by atoms with Crippen LogP contribution in [0, 0.1) is 6.92 Å². The van der Waals surface area contributed by atoms with Crippen LogP contribution in [0.2, 0.25) is 0 Å². The molecule has 0 saturated carbocycles. The van der Waals surface area contributed by atoms with Crippen LogP contribution in [0.1, 0.15) is 22.4 Å². The maximum absolute atomic E-state index is 12.9. The molecule has 2 aromatic carbocycles. The van der Waals surface area contributed by atoms with E-state index in [0.717, 1.165) is 22.2 Å². The molecule has 0 amide bonds. The van der Waals surface area contributed by atoms with Gasteiger partial charge in [-0.1, -0.05) is 54.1 Å². The molecular weight excluding hydrogens is 322 g/mol. The number of rotatable bonds is 4. The molecule has 26 heavy (non-hydrogen) atoms. The molecule has 0 aliphatic carbocycles. The smallest absolute Gasteiger partial charge is 0.267 e. The summed E-state index contributed by atoms with van der Waals surface area (Å²) >= 11 is 0. The first-order valence-corrected chi connectivity index (χ1v) is 8.64. The number of aryl methyl sites for hydroxylation is 1. The molecule has 0 saturated heterocycles.